The van der Waals surface area contributed by atoms with Crippen molar-refractivity contribution in [2.45, 2.75) is 67.7 Å². The molecule has 8 unspecified atom stereocenters. The fourth-order valence-corrected chi connectivity index (χ4v) is 13.5. The number of aldehydes is 1. The minimum Gasteiger partial charge on any atom is -0.480 e. The number of carbonyl (C=O) groups excluding carboxylic acids is 5. The maximum absolute atomic E-state index is 12.7. The molecule has 9 aromatic carbocycles. The van der Waals surface area contributed by atoms with Gasteiger partial charge in [0.15, 0.2) is 87.1 Å². The highest BCUT2D eigenvalue weighted by molar-refractivity contribution is 6.23. The van der Waals surface area contributed by atoms with Crippen LogP contribution in [0.4, 0.5) is 0 Å². The summed E-state index contributed by atoms with van der Waals surface area (Å²) in [7, 11) is 0. The summed E-state index contributed by atoms with van der Waals surface area (Å²) in [5, 5.41) is 89.2. The highest BCUT2D eigenvalue weighted by Crippen LogP contribution is 2.45. The number of benzene rings is 9. The van der Waals surface area contributed by atoms with Gasteiger partial charge in [-0.3, -0.25) is 43.5 Å². The Morgan fingerprint density at radius 1 is 0.328 bits per heavy atom. The minimum absolute atomic E-state index is 0.0235. The molecule has 18 rings (SSSR count). The quantitative estimate of drug-likeness (QED) is 0.0300. The Balaban J connectivity index is 0.000000127. The van der Waals surface area contributed by atoms with E-state index in [0.29, 0.717) is 118 Å². The van der Waals surface area contributed by atoms with Crippen molar-refractivity contribution in [1.29, 1.82) is 0 Å². The third-order valence-electron chi connectivity index (χ3n) is 19.6. The molecule has 9 aliphatic heterocycles. The second kappa shape index (κ2) is 35.2. The number of aliphatic hydroxyl groups is 5. The topological polar surface area (TPSA) is 508 Å². The van der Waals surface area contributed by atoms with E-state index in [1.165, 1.54) is 48.5 Å². The molecule has 119 heavy (non-hydrogen) atoms. The summed E-state index contributed by atoms with van der Waals surface area (Å²) in [6, 6.07) is 41.9. The lowest BCUT2D eigenvalue weighted by atomic mass is 10.00. The number of imide groups is 1. The first kappa shape index (κ1) is 82.4. The Kier molecular flexibility index (Phi) is 24.4. The molecular formula is C84H73N5O30. The molecular weight excluding hydrogens is 1560 g/mol. The van der Waals surface area contributed by atoms with E-state index in [9.17, 15) is 84.0 Å². The van der Waals surface area contributed by atoms with Gasteiger partial charge in [0.1, 0.15) is 36.7 Å². The van der Waals surface area contributed by atoms with Gasteiger partial charge in [0.25, 0.3) is 23.6 Å². The normalized spacial score (nSPS) is 16.9. The van der Waals surface area contributed by atoms with Crippen LogP contribution in [0.2, 0.25) is 0 Å². The smallest absolute Gasteiger partial charge is 0.330 e. The largest absolute Gasteiger partial charge is 0.480 e. The number of hydrogen-bond acceptors (Lipinski definition) is 28. The van der Waals surface area contributed by atoms with Crippen LogP contribution in [0.1, 0.15) is 128 Å². The molecule has 0 radical (unpaired) electrons. The minimum atomic E-state index is -1.78. The van der Waals surface area contributed by atoms with Gasteiger partial charge < -0.3 is 114 Å². The number of hydrogen-bond donors (Lipinski definition) is 11. The van der Waals surface area contributed by atoms with E-state index in [0.717, 1.165) is 21.6 Å². The van der Waals surface area contributed by atoms with Crippen molar-refractivity contribution in [3.05, 3.63) is 262 Å². The van der Waals surface area contributed by atoms with Crippen molar-refractivity contribution in [2.75, 3.05) is 40.8 Å². The fourth-order valence-electron chi connectivity index (χ4n) is 13.5. The molecule has 614 valence electrons. The van der Waals surface area contributed by atoms with Crippen LogP contribution in [0, 0.1) is 0 Å². The Labute approximate surface area is 673 Å². The lowest BCUT2D eigenvalue weighted by Crippen LogP contribution is -2.48. The summed E-state index contributed by atoms with van der Waals surface area (Å²) < 4.78 is 62.0. The number of nitrogens with zero attached hydrogens (tertiary/aromatic N) is 3. The van der Waals surface area contributed by atoms with Gasteiger partial charge in [-0.2, -0.15) is 0 Å². The Morgan fingerprint density at radius 2 is 0.563 bits per heavy atom. The zero-order valence-corrected chi connectivity index (χ0v) is 62.4. The van der Waals surface area contributed by atoms with Crippen LogP contribution in [-0.4, -0.2) is 185 Å². The average Bonchev–Trinajstić information content (AvgIpc) is 1.62. The molecule has 35 heteroatoms. The number of nitrogens with two attached hydrogens (primary N) is 2. The van der Waals surface area contributed by atoms with Crippen molar-refractivity contribution in [3.63, 3.8) is 0 Å². The van der Waals surface area contributed by atoms with E-state index in [4.69, 9.17) is 73.4 Å². The maximum Gasteiger partial charge on any atom is 0.330 e. The second-order valence-corrected chi connectivity index (χ2v) is 27.0. The summed E-state index contributed by atoms with van der Waals surface area (Å²) >= 11 is 0. The van der Waals surface area contributed by atoms with Crippen LogP contribution in [0.3, 0.4) is 0 Å². The van der Waals surface area contributed by atoms with Crippen LogP contribution < -0.4 is 68.3 Å². The summed E-state index contributed by atoms with van der Waals surface area (Å²) in [5.41, 5.74) is 16.0. The standard InChI is InChI=1S/2C19H15NO6.C18H13NO7.C10H11NO5.C10H13NO3.C8H6O3/c2*1-10-12-4-2-3-5-13(12)18(22)20(10)16(19(23)24)17(21)11-6-7-14-15(8-11)26-9-25-14;20-15(9-5-6-12-13(7-9)26-8-25-12)14(18(23)24)19-16(21)10-3-1-2-4-11(10)17(19)22;11-8(10(13)14)9(12)5-1-2-6-7(3-5)16-4-15-6;1-6(11)10(12)7-2-3-8-9(4-7)14-5-13-8;9-4-6-1-2-7-8(3-6)11-5-10-7/h2*2-8,16-17,21H,1,9H2,(H,23,24);1-7,14-15,20H,8H2,(H,23,24);1-3,8-9,12H,4,11H2,(H,13,14);2-4,6,10,12H,5,11H2,1H3;1-4H,5H2/t16-,17+;;;;;/m0...../s1. The number of carbonyl (C=O) groups is 9. The number of rotatable bonds is 18. The van der Waals surface area contributed by atoms with Crippen LogP contribution in [-0.2, 0) is 19.2 Å². The Bertz CT molecular complexity index is 5050. The molecule has 9 aliphatic rings. The monoisotopic (exact) mass is 1630 g/mol. The first-order chi connectivity index (χ1) is 57.1. The molecule has 0 fully saturated rings. The van der Waals surface area contributed by atoms with E-state index in [2.05, 4.69) is 13.2 Å². The first-order valence-corrected chi connectivity index (χ1v) is 36.0. The highest BCUT2D eigenvalue weighted by atomic mass is 16.7. The second-order valence-electron chi connectivity index (χ2n) is 27.0. The van der Waals surface area contributed by atoms with Gasteiger partial charge >= 0.3 is 23.9 Å². The maximum atomic E-state index is 12.7. The van der Waals surface area contributed by atoms with Crippen molar-refractivity contribution in [2.24, 2.45) is 11.5 Å². The van der Waals surface area contributed by atoms with Gasteiger partial charge in [-0.05, 0) is 138 Å². The summed E-state index contributed by atoms with van der Waals surface area (Å²) in [6.45, 7) is 10.2. The number of ether oxygens (including phenoxy) is 12. The van der Waals surface area contributed by atoms with Crippen LogP contribution in [0.25, 0.3) is 11.4 Å². The number of carboxylic acids is 4. The molecule has 9 heterocycles. The summed E-state index contributed by atoms with van der Waals surface area (Å²) in [5.74, 6) is -1.46. The lowest BCUT2D eigenvalue weighted by Gasteiger charge is -2.29. The number of aliphatic carboxylic acids is 4. The van der Waals surface area contributed by atoms with Gasteiger partial charge in [0.2, 0.25) is 40.8 Å². The highest BCUT2D eigenvalue weighted by Gasteiger charge is 2.48. The third kappa shape index (κ3) is 17.0. The number of aliphatic hydroxyl groups excluding tert-OH is 5. The molecule has 35 nitrogen and oxygen atoms in total. The van der Waals surface area contributed by atoms with Crippen molar-refractivity contribution < 1.29 is 146 Å². The zero-order chi connectivity index (χ0) is 84.8. The van der Waals surface area contributed by atoms with Gasteiger partial charge in [0.05, 0.1) is 17.2 Å². The SMILES string of the molecule is C=C1c2ccccc2C(=O)N1C(C(=O)O)C(O)c1ccc2c(c1)OCO2.C=C1c2ccccc2C(=O)N1[C@H](C(=O)O)[C@H](O)c1ccc2c(c1)OCO2.CC(N)C(O)c1ccc2c(c1)OCO2.NC(C(=O)O)C(O)c1ccc2c(c1)OCO2.O=C(O)C(C(O)c1ccc2c(c1)OCO2)N1C(=O)c2ccccc2C1=O.O=Cc1ccc2c(c1)OCO2. The molecule has 0 saturated heterocycles. The van der Waals surface area contributed by atoms with E-state index in [1.807, 2.05) is 0 Å². The zero-order valence-electron chi connectivity index (χ0n) is 62.4. The first-order valence-electron chi connectivity index (χ1n) is 36.0. The Morgan fingerprint density at radius 3 is 0.832 bits per heavy atom. The number of fused-ring (bicyclic) bond motifs is 9. The van der Waals surface area contributed by atoms with E-state index < -0.39 is 102 Å². The summed E-state index contributed by atoms with van der Waals surface area (Å²) in [6.07, 6.45) is -5.74. The van der Waals surface area contributed by atoms with Crippen molar-refractivity contribution in [1.82, 2.24) is 14.7 Å². The van der Waals surface area contributed by atoms with Gasteiger partial charge in [-0.25, -0.2) is 14.4 Å². The molecule has 0 bridgehead atoms. The molecule has 0 aliphatic carbocycles. The van der Waals surface area contributed by atoms with Gasteiger partial charge in [0, 0.05) is 45.3 Å². The average molecular weight is 1630 g/mol. The molecule has 10 atom stereocenters. The predicted octanol–water partition coefficient (Wildman–Crippen LogP) is 7.14. The predicted molar refractivity (Wildman–Crippen MR) is 409 cm³/mol. The lowest BCUT2D eigenvalue weighted by molar-refractivity contribution is -0.146. The van der Waals surface area contributed by atoms with E-state index in [1.54, 1.807) is 140 Å². The van der Waals surface area contributed by atoms with Gasteiger partial charge in [-0.15, -0.1) is 0 Å². The van der Waals surface area contributed by atoms with Crippen LogP contribution in [0.5, 0.6) is 69.0 Å². The fraction of sp³-hybridized carbons (Fsp3) is 0.202. The van der Waals surface area contributed by atoms with Crippen molar-refractivity contribution >= 4 is 65.2 Å². The van der Waals surface area contributed by atoms with Crippen LogP contribution in [0.15, 0.2) is 195 Å². The molecule has 0 spiro atoms. The molecule has 0 saturated carbocycles. The number of carboxylic acid groups (broad SMARTS) is 4. The third-order valence-corrected chi connectivity index (χ3v) is 19.6. The van der Waals surface area contributed by atoms with Crippen molar-refractivity contribution in [3.8, 4) is 69.0 Å². The van der Waals surface area contributed by atoms with E-state index >= 15 is 0 Å². The van der Waals surface area contributed by atoms with E-state index in [-0.39, 0.29) is 74.9 Å². The Hall–Kier alpha value is -14.6. The molecule has 4 amide bonds. The molecule has 13 N–H and O–H groups in total. The molecule has 9 aromatic rings. The number of amides is 4. The van der Waals surface area contributed by atoms with Gasteiger partial charge in [-0.1, -0.05) is 92.0 Å². The molecule has 0 aromatic heterocycles. The summed E-state index contributed by atoms with van der Waals surface area (Å²) in [4.78, 5) is 110. The van der Waals surface area contributed by atoms with Crippen LogP contribution >= 0.6 is 0 Å².